The summed E-state index contributed by atoms with van der Waals surface area (Å²) in [5.41, 5.74) is 1.13. The minimum absolute atomic E-state index is 0.117. The van der Waals surface area contributed by atoms with E-state index in [0.717, 1.165) is 12.1 Å². The number of hydrogen-bond acceptors (Lipinski definition) is 1. The molecule has 0 N–H and O–H groups in total. The Labute approximate surface area is 85.5 Å². The molecule has 0 radical (unpaired) electrons. The standard InChI is InChI=1S/C12H18FN/c1-12(2,3)14(4)9-10-6-5-7-11(13)8-10/h5-8H,9H2,1-4H3. The molecule has 0 spiro atoms. The van der Waals surface area contributed by atoms with Gasteiger partial charge in [-0.05, 0) is 45.5 Å². The Hall–Kier alpha value is -0.890. The molecular formula is C12H18FN. The van der Waals surface area contributed by atoms with Gasteiger partial charge in [0.25, 0.3) is 0 Å². The summed E-state index contributed by atoms with van der Waals surface area (Å²) >= 11 is 0. The fourth-order valence-electron chi connectivity index (χ4n) is 1.15. The van der Waals surface area contributed by atoms with Gasteiger partial charge < -0.3 is 0 Å². The smallest absolute Gasteiger partial charge is 0.123 e. The summed E-state index contributed by atoms with van der Waals surface area (Å²) in [5, 5.41) is 0. The van der Waals surface area contributed by atoms with Crippen LogP contribution in [0.1, 0.15) is 26.3 Å². The molecule has 78 valence electrons. The van der Waals surface area contributed by atoms with E-state index in [1.54, 1.807) is 12.1 Å². The Morgan fingerprint density at radius 1 is 1.29 bits per heavy atom. The van der Waals surface area contributed by atoms with Crippen molar-refractivity contribution in [1.82, 2.24) is 4.90 Å². The van der Waals surface area contributed by atoms with E-state index >= 15 is 0 Å². The molecular weight excluding hydrogens is 177 g/mol. The van der Waals surface area contributed by atoms with Crippen molar-refractivity contribution in [2.45, 2.75) is 32.9 Å². The molecule has 1 rings (SSSR count). The molecule has 2 heteroatoms. The predicted octanol–water partition coefficient (Wildman–Crippen LogP) is 3.06. The Bertz CT molecular complexity index is 301. The predicted molar refractivity (Wildman–Crippen MR) is 57.6 cm³/mol. The van der Waals surface area contributed by atoms with Gasteiger partial charge in [0.05, 0.1) is 0 Å². The Morgan fingerprint density at radius 2 is 1.93 bits per heavy atom. The third-order valence-electron chi connectivity index (χ3n) is 2.45. The van der Waals surface area contributed by atoms with Crippen LogP contribution in [0.4, 0.5) is 4.39 Å². The van der Waals surface area contributed by atoms with Gasteiger partial charge in [0.1, 0.15) is 5.82 Å². The summed E-state index contributed by atoms with van der Waals surface area (Å²) < 4.78 is 12.9. The van der Waals surface area contributed by atoms with Gasteiger partial charge in [-0.2, -0.15) is 0 Å². The first-order valence-corrected chi connectivity index (χ1v) is 4.85. The summed E-state index contributed by atoms with van der Waals surface area (Å²) in [6, 6.07) is 6.76. The van der Waals surface area contributed by atoms with Crippen LogP contribution in [0, 0.1) is 5.82 Å². The molecule has 0 saturated carbocycles. The number of halogens is 1. The number of benzene rings is 1. The van der Waals surface area contributed by atoms with Crippen molar-refractivity contribution < 1.29 is 4.39 Å². The van der Waals surface area contributed by atoms with Crippen molar-refractivity contribution in [3.63, 3.8) is 0 Å². The minimum atomic E-state index is -0.162. The van der Waals surface area contributed by atoms with Crippen molar-refractivity contribution in [3.8, 4) is 0 Å². The first kappa shape index (κ1) is 11.2. The van der Waals surface area contributed by atoms with E-state index < -0.39 is 0 Å². The van der Waals surface area contributed by atoms with Crippen LogP contribution >= 0.6 is 0 Å². The number of rotatable bonds is 2. The van der Waals surface area contributed by atoms with Crippen molar-refractivity contribution >= 4 is 0 Å². The molecule has 0 heterocycles. The minimum Gasteiger partial charge on any atom is -0.297 e. The van der Waals surface area contributed by atoms with Gasteiger partial charge in [0, 0.05) is 12.1 Å². The van der Waals surface area contributed by atoms with E-state index in [1.807, 2.05) is 13.1 Å². The van der Waals surface area contributed by atoms with Gasteiger partial charge in [-0.25, -0.2) is 4.39 Å². The van der Waals surface area contributed by atoms with Crippen molar-refractivity contribution in [2.24, 2.45) is 0 Å². The van der Waals surface area contributed by atoms with Gasteiger partial charge in [0.2, 0.25) is 0 Å². The second-order valence-corrected chi connectivity index (χ2v) is 4.66. The monoisotopic (exact) mass is 195 g/mol. The van der Waals surface area contributed by atoms with Crippen LogP contribution in [0.15, 0.2) is 24.3 Å². The van der Waals surface area contributed by atoms with Gasteiger partial charge in [-0.3, -0.25) is 4.90 Å². The Morgan fingerprint density at radius 3 is 2.43 bits per heavy atom. The summed E-state index contributed by atoms with van der Waals surface area (Å²) in [5.74, 6) is -0.162. The Balaban J connectivity index is 2.70. The second-order valence-electron chi connectivity index (χ2n) is 4.66. The molecule has 0 amide bonds. The average molecular weight is 195 g/mol. The zero-order chi connectivity index (χ0) is 10.8. The third kappa shape index (κ3) is 3.11. The van der Waals surface area contributed by atoms with E-state index in [1.165, 1.54) is 6.07 Å². The highest BCUT2D eigenvalue weighted by molar-refractivity contribution is 5.16. The molecule has 1 nitrogen and oxygen atoms in total. The lowest BCUT2D eigenvalue weighted by molar-refractivity contribution is 0.167. The SMILES string of the molecule is CN(Cc1cccc(F)c1)C(C)(C)C. The molecule has 0 fully saturated rings. The lowest BCUT2D eigenvalue weighted by Gasteiger charge is -2.31. The molecule has 0 atom stereocenters. The maximum atomic E-state index is 12.9. The van der Waals surface area contributed by atoms with E-state index in [9.17, 15) is 4.39 Å². The van der Waals surface area contributed by atoms with Gasteiger partial charge in [-0.15, -0.1) is 0 Å². The molecule has 0 aliphatic heterocycles. The molecule has 0 unspecified atom stereocenters. The van der Waals surface area contributed by atoms with E-state index in [-0.39, 0.29) is 11.4 Å². The first-order valence-electron chi connectivity index (χ1n) is 4.85. The lowest BCUT2D eigenvalue weighted by atomic mass is 10.1. The highest BCUT2D eigenvalue weighted by Crippen LogP contribution is 2.15. The van der Waals surface area contributed by atoms with Crippen LogP contribution in [-0.2, 0) is 6.54 Å². The molecule has 0 bridgehead atoms. The van der Waals surface area contributed by atoms with Crippen molar-refractivity contribution in [1.29, 1.82) is 0 Å². The van der Waals surface area contributed by atoms with Crippen LogP contribution in [0.2, 0.25) is 0 Å². The lowest BCUT2D eigenvalue weighted by Crippen LogP contribution is -2.37. The normalized spacial score (nSPS) is 12.1. The van der Waals surface area contributed by atoms with Crippen molar-refractivity contribution in [2.75, 3.05) is 7.05 Å². The van der Waals surface area contributed by atoms with E-state index in [4.69, 9.17) is 0 Å². The van der Waals surface area contributed by atoms with Gasteiger partial charge in [0.15, 0.2) is 0 Å². The van der Waals surface area contributed by atoms with Gasteiger partial charge in [-0.1, -0.05) is 12.1 Å². The van der Waals surface area contributed by atoms with Crippen LogP contribution < -0.4 is 0 Å². The van der Waals surface area contributed by atoms with E-state index in [2.05, 4.69) is 25.7 Å². The fourth-order valence-corrected chi connectivity index (χ4v) is 1.15. The number of hydrogen-bond donors (Lipinski definition) is 0. The maximum Gasteiger partial charge on any atom is 0.123 e. The summed E-state index contributed by atoms with van der Waals surface area (Å²) in [6.07, 6.45) is 0. The summed E-state index contributed by atoms with van der Waals surface area (Å²) in [7, 11) is 2.05. The zero-order valence-corrected chi connectivity index (χ0v) is 9.34. The molecule has 1 aromatic carbocycles. The molecule has 0 aliphatic carbocycles. The quantitative estimate of drug-likeness (QED) is 0.701. The topological polar surface area (TPSA) is 3.24 Å². The van der Waals surface area contributed by atoms with Crippen molar-refractivity contribution in [3.05, 3.63) is 35.6 Å². The van der Waals surface area contributed by atoms with Crippen LogP contribution in [0.5, 0.6) is 0 Å². The zero-order valence-electron chi connectivity index (χ0n) is 9.34. The number of nitrogens with zero attached hydrogens (tertiary/aromatic N) is 1. The summed E-state index contributed by atoms with van der Waals surface area (Å²) in [6.45, 7) is 7.21. The Kier molecular flexibility index (Phi) is 3.27. The molecule has 0 aliphatic rings. The second kappa shape index (κ2) is 4.09. The maximum absolute atomic E-state index is 12.9. The molecule has 0 saturated heterocycles. The fraction of sp³-hybridized carbons (Fsp3) is 0.500. The summed E-state index contributed by atoms with van der Waals surface area (Å²) in [4.78, 5) is 2.20. The van der Waals surface area contributed by atoms with Crippen LogP contribution in [-0.4, -0.2) is 17.5 Å². The van der Waals surface area contributed by atoms with Crippen LogP contribution in [0.3, 0.4) is 0 Å². The van der Waals surface area contributed by atoms with E-state index in [0.29, 0.717) is 0 Å². The molecule has 1 aromatic rings. The highest BCUT2D eigenvalue weighted by Gasteiger charge is 2.16. The van der Waals surface area contributed by atoms with Gasteiger partial charge >= 0.3 is 0 Å². The molecule has 14 heavy (non-hydrogen) atoms. The highest BCUT2D eigenvalue weighted by atomic mass is 19.1. The average Bonchev–Trinajstić information content (AvgIpc) is 2.02. The third-order valence-corrected chi connectivity index (χ3v) is 2.45. The molecule has 0 aromatic heterocycles. The first-order chi connectivity index (χ1) is 6.39. The largest absolute Gasteiger partial charge is 0.297 e. The van der Waals surface area contributed by atoms with Crippen LogP contribution in [0.25, 0.3) is 0 Å².